The summed E-state index contributed by atoms with van der Waals surface area (Å²) in [6.07, 6.45) is 0.221. The van der Waals surface area contributed by atoms with E-state index < -0.39 is 11.9 Å². The van der Waals surface area contributed by atoms with Gasteiger partial charge in [0.2, 0.25) is 0 Å². The van der Waals surface area contributed by atoms with Crippen molar-refractivity contribution in [2.75, 3.05) is 11.9 Å². The second kappa shape index (κ2) is 5.99. The molecule has 0 aliphatic carbocycles. The number of nitrogens with zero attached hydrogens (tertiary/aromatic N) is 3. The van der Waals surface area contributed by atoms with E-state index in [1.165, 1.54) is 16.9 Å². The average molecular weight is 351 g/mol. The van der Waals surface area contributed by atoms with Crippen LogP contribution in [0.25, 0.3) is 5.52 Å². The zero-order valence-corrected chi connectivity index (χ0v) is 12.4. The van der Waals surface area contributed by atoms with Crippen LogP contribution < -0.4 is 5.32 Å². The normalized spacial score (nSPS) is 13.7. The first-order valence-electron chi connectivity index (χ1n) is 6.21. The Balaban J connectivity index is 2.19. The van der Waals surface area contributed by atoms with Gasteiger partial charge in [-0.2, -0.15) is 18.3 Å². The molecule has 0 fully saturated rings. The van der Waals surface area contributed by atoms with Gasteiger partial charge in [-0.15, -0.1) is 0 Å². The number of nitrogens with one attached hydrogen (secondary N) is 1. The molecule has 0 saturated carbocycles. The van der Waals surface area contributed by atoms with E-state index >= 15 is 0 Å². The molecule has 0 saturated heterocycles. The van der Waals surface area contributed by atoms with Crippen molar-refractivity contribution >= 4 is 27.3 Å². The van der Waals surface area contributed by atoms with Crippen molar-refractivity contribution in [3.8, 4) is 0 Å². The second-order valence-corrected chi connectivity index (χ2v) is 5.65. The number of aromatic nitrogens is 3. The largest absolute Gasteiger partial charge is 0.435 e. The predicted molar refractivity (Wildman–Crippen MR) is 74.1 cm³/mol. The van der Waals surface area contributed by atoms with Crippen LogP contribution in [0.4, 0.5) is 19.0 Å². The summed E-state index contributed by atoms with van der Waals surface area (Å²) in [6, 6.07) is 1.00. The first-order chi connectivity index (χ1) is 9.41. The summed E-state index contributed by atoms with van der Waals surface area (Å²) in [4.78, 5) is 4.45. The van der Waals surface area contributed by atoms with Crippen LogP contribution in [0.2, 0.25) is 0 Å². The topological polar surface area (TPSA) is 42.2 Å². The zero-order valence-electron chi connectivity index (χ0n) is 10.8. The van der Waals surface area contributed by atoms with E-state index in [1.54, 1.807) is 0 Å². The van der Waals surface area contributed by atoms with Gasteiger partial charge in [-0.3, -0.25) is 0 Å². The molecular weight excluding hydrogens is 337 g/mol. The van der Waals surface area contributed by atoms with Crippen molar-refractivity contribution in [3.05, 3.63) is 24.2 Å². The molecule has 0 radical (unpaired) electrons. The molecule has 4 nitrogen and oxygen atoms in total. The Bertz CT molecular complexity index is 582. The van der Waals surface area contributed by atoms with Gasteiger partial charge in [0.1, 0.15) is 5.52 Å². The van der Waals surface area contributed by atoms with Crippen molar-refractivity contribution in [1.82, 2.24) is 14.6 Å². The molecule has 8 heteroatoms. The lowest BCUT2D eigenvalue weighted by molar-refractivity contribution is -0.141. The van der Waals surface area contributed by atoms with Gasteiger partial charge in [0.15, 0.2) is 11.5 Å². The molecule has 0 bridgehead atoms. The highest BCUT2D eigenvalue weighted by Crippen LogP contribution is 2.30. The molecule has 1 unspecified atom stereocenters. The van der Waals surface area contributed by atoms with Gasteiger partial charge < -0.3 is 5.32 Å². The third-order valence-corrected chi connectivity index (χ3v) is 3.98. The Morgan fingerprint density at radius 1 is 1.45 bits per heavy atom. The van der Waals surface area contributed by atoms with Crippen molar-refractivity contribution in [3.63, 3.8) is 0 Å². The molecule has 0 aromatic carbocycles. The van der Waals surface area contributed by atoms with Crippen LogP contribution in [-0.4, -0.2) is 26.0 Å². The summed E-state index contributed by atoms with van der Waals surface area (Å²) in [7, 11) is 0. The number of hydrogen-bond acceptors (Lipinski definition) is 3. The second-order valence-electron chi connectivity index (χ2n) is 4.35. The lowest BCUT2D eigenvalue weighted by Crippen LogP contribution is -2.09. The first kappa shape index (κ1) is 15.1. The van der Waals surface area contributed by atoms with Gasteiger partial charge in [0.25, 0.3) is 0 Å². The molecule has 0 aliphatic heterocycles. The molecule has 0 amide bonds. The molecule has 2 rings (SSSR count). The van der Waals surface area contributed by atoms with Crippen molar-refractivity contribution in [2.45, 2.75) is 30.8 Å². The van der Waals surface area contributed by atoms with Crippen LogP contribution in [0.3, 0.4) is 0 Å². The summed E-state index contributed by atoms with van der Waals surface area (Å²) in [6.45, 7) is 2.69. The fourth-order valence-corrected chi connectivity index (χ4v) is 1.98. The van der Waals surface area contributed by atoms with E-state index in [-0.39, 0.29) is 0 Å². The lowest BCUT2D eigenvalue weighted by Gasteiger charge is -2.09. The minimum Gasteiger partial charge on any atom is -0.368 e. The van der Waals surface area contributed by atoms with Crippen LogP contribution in [0.5, 0.6) is 0 Å². The predicted octanol–water partition coefficient (Wildman–Crippen LogP) is 3.72. The van der Waals surface area contributed by atoms with Crippen molar-refractivity contribution in [2.24, 2.45) is 0 Å². The summed E-state index contributed by atoms with van der Waals surface area (Å²) in [5.41, 5.74) is -0.595. The van der Waals surface area contributed by atoms with Gasteiger partial charge in [-0.25, -0.2) is 9.50 Å². The summed E-state index contributed by atoms with van der Waals surface area (Å²) >= 11 is 3.50. The highest BCUT2D eigenvalue weighted by molar-refractivity contribution is 9.09. The highest BCUT2D eigenvalue weighted by atomic mass is 79.9. The number of rotatable bonds is 5. The number of anilines is 1. The number of halogens is 4. The van der Waals surface area contributed by atoms with Gasteiger partial charge in [-0.05, 0) is 12.8 Å². The molecule has 1 atom stereocenters. The summed E-state index contributed by atoms with van der Waals surface area (Å²) in [5, 5.41) is 6.55. The Labute approximate surface area is 122 Å². The van der Waals surface area contributed by atoms with Gasteiger partial charge in [-0.1, -0.05) is 22.9 Å². The average Bonchev–Trinajstić information content (AvgIpc) is 2.83. The Morgan fingerprint density at radius 2 is 2.20 bits per heavy atom. The summed E-state index contributed by atoms with van der Waals surface area (Å²) in [5.74, 6) is 0.409. The number of fused-ring (bicyclic) bond motifs is 1. The van der Waals surface area contributed by atoms with Gasteiger partial charge in [0, 0.05) is 29.8 Å². The third-order valence-electron chi connectivity index (χ3n) is 2.87. The number of alkyl halides is 4. The van der Waals surface area contributed by atoms with Crippen molar-refractivity contribution in [1.29, 1.82) is 0 Å². The quantitative estimate of drug-likeness (QED) is 0.835. The zero-order chi connectivity index (χ0) is 14.8. The Morgan fingerprint density at radius 3 is 2.85 bits per heavy atom. The van der Waals surface area contributed by atoms with Gasteiger partial charge in [0.05, 0.1) is 0 Å². The van der Waals surface area contributed by atoms with Crippen LogP contribution in [0.1, 0.15) is 25.5 Å². The first-order valence-corrected chi connectivity index (χ1v) is 7.13. The van der Waals surface area contributed by atoms with E-state index in [0.29, 0.717) is 22.7 Å². The van der Waals surface area contributed by atoms with E-state index in [4.69, 9.17) is 0 Å². The van der Waals surface area contributed by atoms with E-state index in [9.17, 15) is 13.2 Å². The van der Waals surface area contributed by atoms with Crippen molar-refractivity contribution < 1.29 is 13.2 Å². The Hall–Kier alpha value is -1.31. The third kappa shape index (κ3) is 3.41. The minimum absolute atomic E-state index is 0.322. The van der Waals surface area contributed by atoms with E-state index in [1.807, 2.05) is 0 Å². The molecule has 2 aromatic rings. The molecule has 0 aliphatic rings. The van der Waals surface area contributed by atoms with Crippen LogP contribution >= 0.6 is 15.9 Å². The molecular formula is C12H14BrF3N4. The fourth-order valence-electron chi connectivity index (χ4n) is 1.75. The molecule has 2 aromatic heterocycles. The number of hydrogen-bond donors (Lipinski definition) is 1. The smallest absolute Gasteiger partial charge is 0.368 e. The maximum atomic E-state index is 12.6. The fraction of sp³-hybridized carbons (Fsp3) is 0.500. The maximum Gasteiger partial charge on any atom is 0.435 e. The Kier molecular flexibility index (Phi) is 4.52. The molecule has 2 heterocycles. The highest BCUT2D eigenvalue weighted by Gasteiger charge is 2.34. The summed E-state index contributed by atoms with van der Waals surface area (Å²) < 4.78 is 39.1. The van der Waals surface area contributed by atoms with Gasteiger partial charge >= 0.3 is 6.18 Å². The van der Waals surface area contributed by atoms with Crippen LogP contribution in [0, 0.1) is 0 Å². The lowest BCUT2D eigenvalue weighted by atomic mass is 10.2. The minimum atomic E-state index is -4.45. The standard InChI is InChI=1S/C12H14BrF3N4/c1-2-8(13)3-4-17-11-9-7-10(12(14,15)16)19-20(9)6-5-18-11/h5-8H,2-4H2,1H3,(H,17,18). The maximum absolute atomic E-state index is 12.6. The molecule has 0 spiro atoms. The molecule has 1 N–H and O–H groups in total. The van der Waals surface area contributed by atoms with Crippen LogP contribution in [-0.2, 0) is 6.18 Å². The monoisotopic (exact) mass is 350 g/mol. The molecule has 110 valence electrons. The molecule has 20 heavy (non-hydrogen) atoms. The van der Waals surface area contributed by atoms with Crippen LogP contribution in [0.15, 0.2) is 18.5 Å². The SMILES string of the molecule is CCC(Br)CCNc1nccn2nc(C(F)(F)F)cc12. The van der Waals surface area contributed by atoms with E-state index in [2.05, 4.69) is 38.3 Å². The van der Waals surface area contributed by atoms with E-state index in [0.717, 1.165) is 18.9 Å².